The molecule has 3 aromatic heterocycles. The molecule has 1 aliphatic heterocycles. The Morgan fingerprint density at radius 3 is 2.61 bits per heavy atom. The van der Waals surface area contributed by atoms with Gasteiger partial charge in [-0.25, -0.2) is 28.5 Å². The predicted molar refractivity (Wildman–Crippen MR) is 81.2 cm³/mol. The van der Waals surface area contributed by atoms with Crippen molar-refractivity contribution < 1.29 is 8.42 Å². The molecule has 0 bridgehead atoms. The van der Waals surface area contributed by atoms with E-state index >= 15 is 0 Å². The second kappa shape index (κ2) is 5.28. The van der Waals surface area contributed by atoms with E-state index in [1.54, 1.807) is 0 Å². The Bertz CT molecular complexity index is 912. The highest BCUT2D eigenvalue weighted by atomic mass is 32.2. The molecule has 0 amide bonds. The molecule has 0 spiro atoms. The van der Waals surface area contributed by atoms with Gasteiger partial charge in [-0.2, -0.15) is 9.40 Å². The van der Waals surface area contributed by atoms with E-state index in [1.807, 2.05) is 12.3 Å². The molecule has 0 saturated carbocycles. The summed E-state index contributed by atoms with van der Waals surface area (Å²) < 4.78 is 26.2. The van der Waals surface area contributed by atoms with Crippen molar-refractivity contribution in [2.75, 3.05) is 31.1 Å². The van der Waals surface area contributed by atoms with E-state index in [0.29, 0.717) is 26.2 Å². The van der Waals surface area contributed by atoms with Crippen LogP contribution in [0.4, 0.5) is 5.82 Å². The van der Waals surface area contributed by atoms with Gasteiger partial charge in [0.25, 0.3) is 15.2 Å². The average Bonchev–Trinajstić information content (AvgIpc) is 3.26. The topological polar surface area (TPSA) is 124 Å². The number of hydrogen-bond acceptors (Lipinski definition) is 7. The Morgan fingerprint density at radius 1 is 1.04 bits per heavy atom. The van der Waals surface area contributed by atoms with Crippen molar-refractivity contribution in [2.24, 2.45) is 0 Å². The van der Waals surface area contributed by atoms with Gasteiger partial charge in [0.05, 0.1) is 5.39 Å². The summed E-state index contributed by atoms with van der Waals surface area (Å²) in [5, 5.41) is 6.82. The van der Waals surface area contributed by atoms with E-state index in [4.69, 9.17) is 0 Å². The Labute approximate surface area is 131 Å². The van der Waals surface area contributed by atoms with Crippen LogP contribution < -0.4 is 4.90 Å². The Balaban J connectivity index is 1.55. The van der Waals surface area contributed by atoms with Gasteiger partial charge >= 0.3 is 0 Å². The molecule has 10 nitrogen and oxygen atoms in total. The number of fused-ring (bicyclic) bond motifs is 1. The van der Waals surface area contributed by atoms with Gasteiger partial charge in [-0.15, -0.1) is 0 Å². The maximum absolute atomic E-state index is 12.4. The van der Waals surface area contributed by atoms with Gasteiger partial charge in [0, 0.05) is 32.4 Å². The normalized spacial score (nSPS) is 17.0. The quantitative estimate of drug-likeness (QED) is 0.667. The third-order valence-corrected chi connectivity index (χ3v) is 5.58. The largest absolute Gasteiger partial charge is 0.353 e. The Hall–Kier alpha value is -2.53. The molecule has 0 unspecified atom stereocenters. The van der Waals surface area contributed by atoms with Crippen molar-refractivity contribution in [1.82, 2.24) is 34.4 Å². The molecule has 1 aliphatic rings. The van der Waals surface area contributed by atoms with E-state index in [9.17, 15) is 8.42 Å². The van der Waals surface area contributed by atoms with E-state index < -0.39 is 10.0 Å². The van der Waals surface area contributed by atoms with Crippen LogP contribution in [0.2, 0.25) is 0 Å². The van der Waals surface area contributed by atoms with Crippen LogP contribution in [0, 0.1) is 0 Å². The molecule has 1 saturated heterocycles. The van der Waals surface area contributed by atoms with Crippen molar-refractivity contribution >= 4 is 26.9 Å². The molecule has 4 rings (SSSR count). The SMILES string of the molecule is O=S(=O)(c1ncn[nH]1)N1CCN(c2ncnc3[nH]ccc23)CC1. The van der Waals surface area contributed by atoms with Gasteiger partial charge in [-0.1, -0.05) is 0 Å². The Morgan fingerprint density at radius 2 is 1.87 bits per heavy atom. The van der Waals surface area contributed by atoms with Crippen molar-refractivity contribution in [1.29, 1.82) is 0 Å². The van der Waals surface area contributed by atoms with Crippen LogP contribution in [-0.2, 0) is 10.0 Å². The number of hydrogen-bond donors (Lipinski definition) is 2. The Kier molecular flexibility index (Phi) is 3.23. The summed E-state index contributed by atoms with van der Waals surface area (Å²) in [6.45, 7) is 1.81. The number of rotatable bonds is 3. The van der Waals surface area contributed by atoms with Gasteiger partial charge in [0.2, 0.25) is 0 Å². The summed E-state index contributed by atoms with van der Waals surface area (Å²) in [5.41, 5.74) is 0.770. The van der Waals surface area contributed by atoms with Crippen LogP contribution in [-0.4, -0.2) is 69.0 Å². The minimum atomic E-state index is -3.62. The van der Waals surface area contributed by atoms with E-state index in [1.165, 1.54) is 17.0 Å². The third kappa shape index (κ3) is 2.33. The lowest BCUT2D eigenvalue weighted by molar-refractivity contribution is 0.381. The number of aromatic amines is 2. The fourth-order valence-corrected chi connectivity index (χ4v) is 3.93. The molecule has 3 aromatic rings. The lowest BCUT2D eigenvalue weighted by Gasteiger charge is -2.34. The van der Waals surface area contributed by atoms with Crippen molar-refractivity contribution in [2.45, 2.75) is 5.16 Å². The number of anilines is 1. The monoisotopic (exact) mass is 334 g/mol. The molecule has 0 aliphatic carbocycles. The van der Waals surface area contributed by atoms with Gasteiger partial charge in [-0.05, 0) is 6.07 Å². The first-order valence-corrected chi connectivity index (χ1v) is 8.49. The molecular formula is C12H14N8O2S. The average molecular weight is 334 g/mol. The zero-order valence-corrected chi connectivity index (χ0v) is 12.9. The summed E-state index contributed by atoms with van der Waals surface area (Å²) in [6.07, 6.45) is 4.51. The first-order valence-electron chi connectivity index (χ1n) is 7.05. The molecule has 0 atom stereocenters. The first kappa shape index (κ1) is 14.1. The number of piperazine rings is 1. The van der Waals surface area contributed by atoms with Crippen molar-refractivity contribution in [3.8, 4) is 0 Å². The number of aromatic nitrogens is 6. The maximum Gasteiger partial charge on any atom is 0.278 e. The van der Waals surface area contributed by atoms with E-state index in [0.717, 1.165) is 16.9 Å². The van der Waals surface area contributed by atoms with Gasteiger partial charge in [-0.3, -0.25) is 0 Å². The van der Waals surface area contributed by atoms with Crippen molar-refractivity contribution in [3.63, 3.8) is 0 Å². The third-order valence-electron chi connectivity index (χ3n) is 3.85. The summed E-state index contributed by atoms with van der Waals surface area (Å²) in [4.78, 5) is 17.4. The van der Waals surface area contributed by atoms with Gasteiger partial charge in [0.1, 0.15) is 24.1 Å². The summed E-state index contributed by atoms with van der Waals surface area (Å²) >= 11 is 0. The molecule has 4 heterocycles. The smallest absolute Gasteiger partial charge is 0.278 e. The molecule has 11 heteroatoms. The number of nitrogens with one attached hydrogen (secondary N) is 2. The maximum atomic E-state index is 12.4. The van der Waals surface area contributed by atoms with Crippen LogP contribution in [0.25, 0.3) is 11.0 Å². The molecule has 0 aromatic carbocycles. The second-order valence-corrected chi connectivity index (χ2v) is 6.97. The highest BCUT2D eigenvalue weighted by Gasteiger charge is 2.31. The molecule has 23 heavy (non-hydrogen) atoms. The van der Waals surface area contributed by atoms with Crippen LogP contribution >= 0.6 is 0 Å². The molecule has 0 radical (unpaired) electrons. The number of nitrogens with zero attached hydrogens (tertiary/aromatic N) is 6. The molecule has 2 N–H and O–H groups in total. The fourth-order valence-electron chi connectivity index (χ4n) is 2.69. The van der Waals surface area contributed by atoms with Crippen LogP contribution in [0.3, 0.4) is 0 Å². The van der Waals surface area contributed by atoms with Crippen LogP contribution in [0.15, 0.2) is 30.1 Å². The van der Waals surface area contributed by atoms with Gasteiger partial charge < -0.3 is 9.88 Å². The lowest BCUT2D eigenvalue weighted by atomic mass is 10.3. The van der Waals surface area contributed by atoms with E-state index in [-0.39, 0.29) is 5.16 Å². The molecular weight excluding hydrogens is 320 g/mol. The van der Waals surface area contributed by atoms with Crippen molar-refractivity contribution in [3.05, 3.63) is 24.9 Å². The highest BCUT2D eigenvalue weighted by molar-refractivity contribution is 7.88. The minimum absolute atomic E-state index is 0.124. The fraction of sp³-hybridized carbons (Fsp3) is 0.333. The van der Waals surface area contributed by atoms with E-state index in [2.05, 4.69) is 35.0 Å². The summed E-state index contributed by atoms with van der Waals surface area (Å²) in [6, 6.07) is 1.92. The van der Waals surface area contributed by atoms with Crippen LogP contribution in [0.1, 0.15) is 0 Å². The second-order valence-electron chi connectivity index (χ2n) is 5.12. The molecule has 120 valence electrons. The standard InChI is InChI=1S/C12H14N8O2S/c21-23(22,12-16-8-17-18-12)20-5-3-19(4-6-20)11-9-1-2-13-10(9)14-7-15-11/h1-2,7-8H,3-6H2,(H,13,14,15)(H,16,17,18). The summed E-state index contributed by atoms with van der Waals surface area (Å²) in [7, 11) is -3.62. The number of sulfonamides is 1. The summed E-state index contributed by atoms with van der Waals surface area (Å²) in [5.74, 6) is 0.813. The zero-order valence-electron chi connectivity index (χ0n) is 12.0. The lowest BCUT2D eigenvalue weighted by Crippen LogP contribution is -2.49. The zero-order chi connectivity index (χ0) is 15.9. The number of H-pyrrole nitrogens is 2. The van der Waals surface area contributed by atoms with Crippen LogP contribution in [0.5, 0.6) is 0 Å². The predicted octanol–water partition coefficient (Wildman–Crippen LogP) is -0.413. The van der Waals surface area contributed by atoms with Gasteiger partial charge in [0.15, 0.2) is 0 Å². The highest BCUT2D eigenvalue weighted by Crippen LogP contribution is 2.24. The molecule has 1 fully saturated rings. The first-order chi connectivity index (χ1) is 11.2. The minimum Gasteiger partial charge on any atom is -0.353 e.